The summed E-state index contributed by atoms with van der Waals surface area (Å²) in [4.78, 5) is 9.75. The molecular weight excluding hydrogens is 408 g/mol. The Hall–Kier alpha value is -3.71. The summed E-state index contributed by atoms with van der Waals surface area (Å²) >= 11 is 1.53. The largest absolute Gasteiger partial charge is 0.497 e. The van der Waals surface area contributed by atoms with E-state index in [2.05, 4.69) is 17.1 Å². The van der Waals surface area contributed by atoms with Gasteiger partial charge in [-0.05, 0) is 29.8 Å². The number of pyridine rings is 1. The molecule has 0 spiro atoms. The highest BCUT2D eigenvalue weighted by atomic mass is 32.1. The van der Waals surface area contributed by atoms with Gasteiger partial charge in [-0.25, -0.2) is 4.68 Å². The Kier molecular flexibility index (Phi) is 6.54. The van der Waals surface area contributed by atoms with Crippen LogP contribution in [0.2, 0.25) is 0 Å². The summed E-state index contributed by atoms with van der Waals surface area (Å²) in [7, 11) is 3.30. The first kappa shape index (κ1) is 20.6. The third-order valence-corrected chi connectivity index (χ3v) is 5.47. The van der Waals surface area contributed by atoms with Crippen LogP contribution >= 0.6 is 11.3 Å². The first-order valence-electron chi connectivity index (χ1n) is 9.70. The van der Waals surface area contributed by atoms with Gasteiger partial charge < -0.3 is 9.47 Å². The van der Waals surface area contributed by atoms with Crippen LogP contribution in [0.25, 0.3) is 11.3 Å². The SMILES string of the molecule is COc1ccc(OC)c(-c2csc(=NCc3ccccc3)n2N=Cc2cccnc2)c1. The van der Waals surface area contributed by atoms with Gasteiger partial charge in [0.05, 0.1) is 32.7 Å². The molecule has 4 rings (SSSR count). The van der Waals surface area contributed by atoms with Gasteiger partial charge in [-0.1, -0.05) is 36.4 Å². The van der Waals surface area contributed by atoms with Crippen LogP contribution < -0.4 is 14.3 Å². The van der Waals surface area contributed by atoms with Crippen LogP contribution in [0.1, 0.15) is 11.1 Å². The highest BCUT2D eigenvalue weighted by Crippen LogP contribution is 2.33. The number of benzene rings is 2. The third-order valence-electron chi connectivity index (χ3n) is 4.61. The van der Waals surface area contributed by atoms with Gasteiger partial charge in [0.25, 0.3) is 0 Å². The summed E-state index contributed by atoms with van der Waals surface area (Å²) in [5.74, 6) is 1.48. The molecule has 0 saturated carbocycles. The minimum absolute atomic E-state index is 0.568. The Morgan fingerprint density at radius 3 is 2.65 bits per heavy atom. The van der Waals surface area contributed by atoms with Crippen LogP contribution in [0, 0.1) is 0 Å². The molecule has 156 valence electrons. The summed E-state index contributed by atoms with van der Waals surface area (Å²) < 4.78 is 12.9. The van der Waals surface area contributed by atoms with Gasteiger partial charge in [0.1, 0.15) is 11.5 Å². The van der Waals surface area contributed by atoms with E-state index in [4.69, 9.17) is 19.6 Å². The van der Waals surface area contributed by atoms with Crippen molar-refractivity contribution in [2.45, 2.75) is 6.54 Å². The van der Waals surface area contributed by atoms with Crippen molar-refractivity contribution in [1.29, 1.82) is 0 Å². The van der Waals surface area contributed by atoms with E-state index in [1.165, 1.54) is 11.3 Å². The average Bonchev–Trinajstić information content (AvgIpc) is 3.24. The Morgan fingerprint density at radius 2 is 1.90 bits per heavy atom. The topological polar surface area (TPSA) is 61.0 Å². The molecule has 0 saturated heterocycles. The molecule has 0 aliphatic carbocycles. The molecule has 0 aliphatic rings. The van der Waals surface area contributed by atoms with Crippen molar-refractivity contribution in [2.75, 3.05) is 14.2 Å². The molecule has 2 aromatic heterocycles. The van der Waals surface area contributed by atoms with Gasteiger partial charge in [-0.3, -0.25) is 9.98 Å². The number of hydrogen-bond donors (Lipinski definition) is 0. The smallest absolute Gasteiger partial charge is 0.206 e. The zero-order chi connectivity index (χ0) is 21.5. The predicted octanol–water partition coefficient (Wildman–Crippen LogP) is 4.61. The van der Waals surface area contributed by atoms with Crippen LogP contribution in [-0.2, 0) is 6.54 Å². The Labute approximate surface area is 184 Å². The summed E-state index contributed by atoms with van der Waals surface area (Å²) in [5.41, 5.74) is 3.79. The maximum atomic E-state index is 5.60. The minimum atomic E-state index is 0.568. The number of nitrogens with zero attached hydrogens (tertiary/aromatic N) is 4. The fraction of sp³-hybridized carbons (Fsp3) is 0.125. The number of aromatic nitrogens is 2. The number of ether oxygens (including phenoxy) is 2. The van der Waals surface area contributed by atoms with Crippen molar-refractivity contribution in [3.05, 3.63) is 94.4 Å². The maximum Gasteiger partial charge on any atom is 0.206 e. The van der Waals surface area contributed by atoms with E-state index in [1.807, 2.05) is 58.6 Å². The third kappa shape index (κ3) is 4.90. The first-order valence-corrected chi connectivity index (χ1v) is 10.6. The molecule has 4 aromatic rings. The van der Waals surface area contributed by atoms with Crippen molar-refractivity contribution in [3.63, 3.8) is 0 Å². The molecule has 0 amide bonds. The molecule has 2 heterocycles. The molecule has 0 bridgehead atoms. The normalized spacial score (nSPS) is 11.7. The number of methoxy groups -OCH3 is 2. The van der Waals surface area contributed by atoms with Crippen molar-refractivity contribution in [2.24, 2.45) is 10.1 Å². The second kappa shape index (κ2) is 9.86. The van der Waals surface area contributed by atoms with E-state index in [0.717, 1.165) is 38.7 Å². The molecule has 0 fully saturated rings. The average molecular weight is 431 g/mol. The lowest BCUT2D eigenvalue weighted by Crippen LogP contribution is -2.12. The predicted molar refractivity (Wildman–Crippen MR) is 124 cm³/mol. The lowest BCUT2D eigenvalue weighted by atomic mass is 10.1. The summed E-state index contributed by atoms with van der Waals surface area (Å²) in [6.07, 6.45) is 5.28. The Morgan fingerprint density at radius 1 is 1.03 bits per heavy atom. The van der Waals surface area contributed by atoms with Gasteiger partial charge in [0, 0.05) is 28.9 Å². The van der Waals surface area contributed by atoms with Crippen LogP contribution in [0.3, 0.4) is 0 Å². The molecule has 0 N–H and O–H groups in total. The van der Waals surface area contributed by atoms with E-state index in [1.54, 1.807) is 32.8 Å². The quantitative estimate of drug-likeness (QED) is 0.402. The van der Waals surface area contributed by atoms with Crippen molar-refractivity contribution < 1.29 is 9.47 Å². The second-order valence-corrected chi connectivity index (χ2v) is 7.45. The lowest BCUT2D eigenvalue weighted by molar-refractivity contribution is 0.404. The number of thiazole rings is 1. The Bertz CT molecular complexity index is 1230. The zero-order valence-corrected chi connectivity index (χ0v) is 18.1. The van der Waals surface area contributed by atoms with E-state index >= 15 is 0 Å². The molecule has 0 aliphatic heterocycles. The van der Waals surface area contributed by atoms with E-state index in [0.29, 0.717) is 6.54 Å². The van der Waals surface area contributed by atoms with Crippen molar-refractivity contribution >= 4 is 17.6 Å². The maximum absolute atomic E-state index is 5.60. The van der Waals surface area contributed by atoms with Crippen molar-refractivity contribution in [1.82, 2.24) is 9.66 Å². The molecule has 6 nitrogen and oxygen atoms in total. The van der Waals surface area contributed by atoms with Gasteiger partial charge in [-0.2, -0.15) is 5.10 Å². The van der Waals surface area contributed by atoms with Gasteiger partial charge in [0.2, 0.25) is 4.80 Å². The summed E-state index contributed by atoms with van der Waals surface area (Å²) in [5, 5.41) is 6.76. The Balaban J connectivity index is 1.82. The highest BCUT2D eigenvalue weighted by molar-refractivity contribution is 7.07. The van der Waals surface area contributed by atoms with Crippen molar-refractivity contribution in [3.8, 4) is 22.8 Å². The van der Waals surface area contributed by atoms with E-state index < -0.39 is 0 Å². The molecule has 0 radical (unpaired) electrons. The molecule has 31 heavy (non-hydrogen) atoms. The van der Waals surface area contributed by atoms with Crippen LogP contribution in [-0.4, -0.2) is 30.1 Å². The van der Waals surface area contributed by atoms with Crippen LogP contribution in [0.15, 0.2) is 88.5 Å². The molecule has 0 unspecified atom stereocenters. The first-order chi connectivity index (χ1) is 15.3. The molecular formula is C24H22N4O2S. The van der Waals surface area contributed by atoms with Gasteiger partial charge in [0.15, 0.2) is 0 Å². The molecule has 2 aromatic carbocycles. The van der Waals surface area contributed by atoms with Crippen LogP contribution in [0.4, 0.5) is 0 Å². The fourth-order valence-electron chi connectivity index (χ4n) is 3.04. The summed E-state index contributed by atoms with van der Waals surface area (Å²) in [6.45, 7) is 0.568. The standard InChI is InChI=1S/C24H22N4O2S/c1-29-20-10-11-23(30-2)21(13-20)22-17-31-24(26-15-18-7-4-3-5-8-18)28(22)27-16-19-9-6-12-25-14-19/h3-14,16-17H,15H2,1-2H3. The van der Waals surface area contributed by atoms with Gasteiger partial charge in [-0.15, -0.1) is 11.3 Å². The number of hydrogen-bond acceptors (Lipinski definition) is 6. The highest BCUT2D eigenvalue weighted by Gasteiger charge is 2.14. The van der Waals surface area contributed by atoms with E-state index in [-0.39, 0.29) is 0 Å². The van der Waals surface area contributed by atoms with Crippen LogP contribution in [0.5, 0.6) is 11.5 Å². The van der Waals surface area contributed by atoms with Gasteiger partial charge >= 0.3 is 0 Å². The number of rotatable bonds is 7. The molecule has 0 atom stereocenters. The van der Waals surface area contributed by atoms with E-state index in [9.17, 15) is 0 Å². The fourth-order valence-corrected chi connectivity index (χ4v) is 3.87. The molecule has 7 heteroatoms. The monoisotopic (exact) mass is 430 g/mol. The summed E-state index contributed by atoms with van der Waals surface area (Å²) in [6, 6.07) is 19.7. The lowest BCUT2D eigenvalue weighted by Gasteiger charge is -2.11. The zero-order valence-electron chi connectivity index (χ0n) is 17.3. The minimum Gasteiger partial charge on any atom is -0.497 e. The second-order valence-electron chi connectivity index (χ2n) is 6.61.